The minimum absolute atomic E-state index is 0.250. The van der Waals surface area contributed by atoms with Crippen molar-refractivity contribution in [2.24, 2.45) is 0 Å². The highest BCUT2D eigenvalue weighted by molar-refractivity contribution is 5.88. The van der Waals surface area contributed by atoms with Crippen molar-refractivity contribution in [1.29, 1.82) is 0 Å². The lowest BCUT2D eigenvalue weighted by atomic mass is 9.64. The van der Waals surface area contributed by atoms with Crippen LogP contribution >= 0.6 is 0 Å². The van der Waals surface area contributed by atoms with Crippen LogP contribution in [0.2, 0.25) is 0 Å². The van der Waals surface area contributed by atoms with E-state index in [2.05, 4.69) is 152 Å². The zero-order valence-electron chi connectivity index (χ0n) is 27.1. The molecule has 0 fully saturated rings. The molecule has 2 aliphatic rings. The van der Waals surface area contributed by atoms with Gasteiger partial charge in [0.15, 0.2) is 0 Å². The van der Waals surface area contributed by atoms with Gasteiger partial charge in [0.05, 0.1) is 16.6 Å². The minimum Gasteiger partial charge on any atom is -0.513 e. The van der Waals surface area contributed by atoms with Crippen LogP contribution in [0.25, 0.3) is 22.3 Å². The van der Waals surface area contributed by atoms with Crippen LogP contribution in [0, 0.1) is 0 Å². The van der Waals surface area contributed by atoms with Crippen molar-refractivity contribution in [1.82, 2.24) is 0 Å². The molecule has 2 N–H and O–H groups in total. The molecular formula is C46H36O2. The standard InChI is InChI=1S/C46H36O2/c1-3-12-32(22-21-31(2)47)45(41-17-8-4-13-37(41)38-14-5-9-18-42(38)45)33-23-25-34(26-24-33)46(35-27-29-36(48)30-28-35)43-19-10-6-15-39(43)40-16-7-11-20-44(40)46/h3-30,47-48H,1-2H3/b12-3-,31-21+,32-22+. The normalized spacial score (nSPS) is 15.5. The predicted molar refractivity (Wildman–Crippen MR) is 196 cm³/mol. The number of rotatable bonds is 6. The number of phenols is 1. The van der Waals surface area contributed by atoms with E-state index in [1.807, 2.05) is 6.92 Å². The maximum absolute atomic E-state index is 10.3. The van der Waals surface area contributed by atoms with E-state index < -0.39 is 10.8 Å². The zero-order valence-corrected chi connectivity index (χ0v) is 27.1. The molecule has 0 saturated heterocycles. The highest BCUT2D eigenvalue weighted by Gasteiger charge is 2.48. The molecule has 0 heterocycles. The Morgan fingerprint density at radius 3 is 1.35 bits per heavy atom. The van der Waals surface area contributed by atoms with E-state index in [-0.39, 0.29) is 11.5 Å². The van der Waals surface area contributed by atoms with Crippen molar-refractivity contribution in [3.05, 3.63) is 220 Å². The molecule has 6 aromatic rings. The average Bonchev–Trinajstić information content (AvgIpc) is 3.60. The van der Waals surface area contributed by atoms with Gasteiger partial charge in [0.1, 0.15) is 5.75 Å². The number of benzene rings is 6. The number of phenolic OH excluding ortho intramolecular Hbond substituents is 1. The maximum Gasteiger partial charge on any atom is 0.115 e. The largest absolute Gasteiger partial charge is 0.513 e. The Kier molecular flexibility index (Phi) is 7.04. The molecule has 48 heavy (non-hydrogen) atoms. The molecule has 0 amide bonds. The van der Waals surface area contributed by atoms with Crippen molar-refractivity contribution >= 4 is 0 Å². The Balaban J connectivity index is 1.43. The first kappa shape index (κ1) is 29.5. The molecule has 0 saturated carbocycles. The smallest absolute Gasteiger partial charge is 0.115 e. The first-order valence-electron chi connectivity index (χ1n) is 16.5. The topological polar surface area (TPSA) is 40.5 Å². The van der Waals surface area contributed by atoms with Gasteiger partial charge in [-0.1, -0.05) is 152 Å². The van der Waals surface area contributed by atoms with Crippen LogP contribution < -0.4 is 0 Å². The second-order valence-corrected chi connectivity index (χ2v) is 12.7. The van der Waals surface area contributed by atoms with Crippen LogP contribution in [0.15, 0.2) is 181 Å². The fraction of sp³-hybridized carbons (Fsp3) is 0.0870. The van der Waals surface area contributed by atoms with E-state index in [1.165, 1.54) is 44.5 Å². The van der Waals surface area contributed by atoms with Crippen molar-refractivity contribution in [2.45, 2.75) is 24.7 Å². The van der Waals surface area contributed by atoms with Gasteiger partial charge in [-0.2, -0.15) is 0 Å². The van der Waals surface area contributed by atoms with E-state index in [9.17, 15) is 10.2 Å². The number of aliphatic hydroxyl groups is 1. The Bertz CT molecular complexity index is 2170. The van der Waals surface area contributed by atoms with Gasteiger partial charge in [-0.05, 0) is 98.8 Å². The van der Waals surface area contributed by atoms with E-state index >= 15 is 0 Å². The summed E-state index contributed by atoms with van der Waals surface area (Å²) in [7, 11) is 0. The van der Waals surface area contributed by atoms with Crippen LogP contribution in [0.4, 0.5) is 0 Å². The zero-order chi connectivity index (χ0) is 32.9. The summed E-state index contributed by atoms with van der Waals surface area (Å²) < 4.78 is 0. The molecule has 232 valence electrons. The molecule has 2 nitrogen and oxygen atoms in total. The number of fused-ring (bicyclic) bond motifs is 6. The van der Waals surface area contributed by atoms with E-state index in [0.717, 1.165) is 22.3 Å². The van der Waals surface area contributed by atoms with Gasteiger partial charge < -0.3 is 10.2 Å². The summed E-state index contributed by atoms with van der Waals surface area (Å²) in [5.74, 6) is 0.510. The maximum atomic E-state index is 10.3. The lowest BCUT2D eigenvalue weighted by Gasteiger charge is -2.37. The third-order valence-electron chi connectivity index (χ3n) is 10.2. The SMILES string of the molecule is C\C=C/C(=C\C=C(/C)O)C1(c2ccc(C3(c4ccc(O)cc4)c4ccccc4-c4ccccc43)cc2)c2ccccc2-c2ccccc21. The van der Waals surface area contributed by atoms with Gasteiger partial charge in [-0.3, -0.25) is 0 Å². The van der Waals surface area contributed by atoms with Gasteiger partial charge in [0.25, 0.3) is 0 Å². The highest BCUT2D eigenvalue weighted by atomic mass is 16.3. The monoisotopic (exact) mass is 620 g/mol. The van der Waals surface area contributed by atoms with Crippen LogP contribution in [-0.4, -0.2) is 10.2 Å². The molecule has 0 atom stereocenters. The van der Waals surface area contributed by atoms with E-state index in [4.69, 9.17) is 0 Å². The van der Waals surface area contributed by atoms with Gasteiger partial charge in [-0.25, -0.2) is 0 Å². The Morgan fingerprint density at radius 2 is 0.896 bits per heavy atom. The molecule has 2 aliphatic carbocycles. The summed E-state index contributed by atoms with van der Waals surface area (Å²) in [6.45, 7) is 3.76. The fourth-order valence-electron chi connectivity index (χ4n) is 8.42. The Labute approximate surface area is 282 Å². The van der Waals surface area contributed by atoms with Crippen molar-refractivity contribution in [3.63, 3.8) is 0 Å². The number of hydrogen-bond acceptors (Lipinski definition) is 2. The van der Waals surface area contributed by atoms with Crippen LogP contribution in [-0.2, 0) is 10.8 Å². The van der Waals surface area contributed by atoms with Gasteiger partial charge in [0, 0.05) is 0 Å². The molecule has 0 spiro atoms. The molecule has 0 bridgehead atoms. The first-order valence-corrected chi connectivity index (χ1v) is 16.5. The molecular weight excluding hydrogens is 585 g/mol. The van der Waals surface area contributed by atoms with Gasteiger partial charge in [0.2, 0.25) is 0 Å². The summed E-state index contributed by atoms with van der Waals surface area (Å²) >= 11 is 0. The molecule has 0 unspecified atom stereocenters. The Morgan fingerprint density at radius 1 is 0.500 bits per heavy atom. The van der Waals surface area contributed by atoms with Crippen LogP contribution in [0.3, 0.4) is 0 Å². The second-order valence-electron chi connectivity index (χ2n) is 12.7. The third kappa shape index (κ3) is 4.12. The predicted octanol–water partition coefficient (Wildman–Crippen LogP) is 11.0. The molecule has 0 radical (unpaired) electrons. The molecule has 6 aromatic carbocycles. The van der Waals surface area contributed by atoms with E-state index in [1.54, 1.807) is 25.1 Å². The second kappa shape index (κ2) is 11.4. The third-order valence-corrected chi connectivity index (χ3v) is 10.2. The molecule has 2 heteroatoms. The fourth-order valence-corrected chi connectivity index (χ4v) is 8.42. The Hall–Kier alpha value is -5.86. The van der Waals surface area contributed by atoms with Gasteiger partial charge >= 0.3 is 0 Å². The summed E-state index contributed by atoms with van der Waals surface area (Å²) in [6.07, 6.45) is 8.11. The summed E-state index contributed by atoms with van der Waals surface area (Å²) in [6, 6.07) is 51.7. The average molecular weight is 621 g/mol. The lowest BCUT2D eigenvalue weighted by molar-refractivity contribution is 0.414. The van der Waals surface area contributed by atoms with Gasteiger partial charge in [-0.15, -0.1) is 0 Å². The van der Waals surface area contributed by atoms with Crippen molar-refractivity contribution in [3.8, 4) is 28.0 Å². The quantitative estimate of drug-likeness (QED) is 0.143. The highest BCUT2D eigenvalue weighted by Crippen LogP contribution is 2.59. The van der Waals surface area contributed by atoms with E-state index in [0.29, 0.717) is 0 Å². The van der Waals surface area contributed by atoms with Crippen molar-refractivity contribution < 1.29 is 10.2 Å². The molecule has 8 rings (SSSR count). The number of aromatic hydroxyl groups is 1. The number of hydrogen-bond donors (Lipinski definition) is 2. The van der Waals surface area contributed by atoms with Crippen molar-refractivity contribution in [2.75, 3.05) is 0 Å². The summed E-state index contributed by atoms with van der Waals surface area (Å²) in [5.41, 5.74) is 13.1. The lowest BCUT2D eigenvalue weighted by Crippen LogP contribution is -2.31. The summed E-state index contributed by atoms with van der Waals surface area (Å²) in [4.78, 5) is 0. The summed E-state index contributed by atoms with van der Waals surface area (Å²) in [5, 5.41) is 20.6. The first-order chi connectivity index (χ1) is 23.5. The van der Waals surface area contributed by atoms with Crippen LogP contribution in [0.5, 0.6) is 5.75 Å². The number of aliphatic hydroxyl groups excluding tert-OH is 1. The molecule has 0 aliphatic heterocycles. The minimum atomic E-state index is -0.610. The number of allylic oxidation sites excluding steroid dienone is 6. The van der Waals surface area contributed by atoms with Crippen LogP contribution in [0.1, 0.15) is 52.8 Å². The molecule has 0 aromatic heterocycles.